The van der Waals surface area contributed by atoms with Crippen LogP contribution in [0.3, 0.4) is 0 Å². The molecule has 0 aliphatic rings. The van der Waals surface area contributed by atoms with Crippen LogP contribution < -0.4 is 11.4 Å². The lowest BCUT2D eigenvalue weighted by molar-refractivity contribution is -0.136. The smallest absolute Gasteiger partial charge is 0.356 e. The van der Waals surface area contributed by atoms with E-state index in [1.165, 1.54) is 0 Å². The monoisotopic (exact) mass is 279 g/mol. The molecule has 0 spiro atoms. The summed E-state index contributed by atoms with van der Waals surface area (Å²) < 4.78 is 27.0. The van der Waals surface area contributed by atoms with Gasteiger partial charge in [0.2, 0.25) is 0 Å². The molecule has 0 radical (unpaired) electrons. The zero-order valence-corrected chi connectivity index (χ0v) is 9.40. The van der Waals surface area contributed by atoms with Gasteiger partial charge in [0.1, 0.15) is 11.9 Å². The van der Waals surface area contributed by atoms with Crippen molar-refractivity contribution in [3.05, 3.63) is 22.7 Å². The number of nitrogen functional groups attached to an aromatic ring is 1. The first-order valence-corrected chi connectivity index (χ1v) is 4.96. The molecular weight excluding hydrogens is 268 g/mol. The van der Waals surface area contributed by atoms with Crippen LogP contribution in [0.25, 0.3) is 0 Å². The van der Waals surface area contributed by atoms with Crippen molar-refractivity contribution in [2.45, 2.75) is 18.1 Å². The Bertz CT molecular complexity index is 533. The summed E-state index contributed by atoms with van der Waals surface area (Å²) in [6.07, 6.45) is -4.44. The summed E-state index contributed by atoms with van der Waals surface area (Å²) in [4.78, 5) is 25.7. The van der Waals surface area contributed by atoms with Crippen LogP contribution in [0.15, 0.2) is 17.1 Å². The number of nitrogens with zero attached hydrogens (tertiary/aromatic N) is 2. The predicted molar refractivity (Wildman–Crippen MR) is 57.6 cm³/mol. The fourth-order valence-corrected chi connectivity index (χ4v) is 1.20. The maximum Gasteiger partial charge on any atom is 0.356 e. The van der Waals surface area contributed by atoms with Gasteiger partial charge in [0.15, 0.2) is 6.10 Å². The first kappa shape index (κ1) is 15.1. The van der Waals surface area contributed by atoms with Crippen molar-refractivity contribution in [3.63, 3.8) is 0 Å². The van der Waals surface area contributed by atoms with Crippen LogP contribution >= 0.6 is 0 Å². The van der Waals surface area contributed by atoms with E-state index in [4.69, 9.17) is 21.1 Å². The largest absolute Gasteiger partial charge is 0.394 e. The van der Waals surface area contributed by atoms with Crippen molar-refractivity contribution in [2.24, 2.45) is 0 Å². The van der Waals surface area contributed by atoms with Crippen LogP contribution in [0.5, 0.6) is 0 Å². The number of aliphatic hydroxyl groups is 3. The Balaban J connectivity index is 3.14. The van der Waals surface area contributed by atoms with Gasteiger partial charge in [0.25, 0.3) is 0 Å². The molecule has 1 aromatic rings. The molecule has 106 valence electrons. The lowest BCUT2D eigenvalue weighted by Gasteiger charge is -2.24. The van der Waals surface area contributed by atoms with Gasteiger partial charge in [-0.3, -0.25) is 4.79 Å². The molecule has 0 aliphatic heterocycles. The number of hydrogen-bond acceptors (Lipinski definition) is 7. The molecule has 19 heavy (non-hydrogen) atoms. The van der Waals surface area contributed by atoms with Crippen LogP contribution in [0, 0.1) is 0 Å². The van der Waals surface area contributed by atoms with Crippen molar-refractivity contribution in [2.75, 3.05) is 12.3 Å². The van der Waals surface area contributed by atoms with Gasteiger partial charge < -0.3 is 21.1 Å². The molecule has 1 heterocycles. The van der Waals surface area contributed by atoms with Crippen LogP contribution in [0.4, 0.5) is 14.6 Å². The molecule has 1 rings (SSSR count). The van der Waals surface area contributed by atoms with Crippen molar-refractivity contribution >= 4 is 11.7 Å². The highest BCUT2D eigenvalue weighted by Crippen LogP contribution is 2.23. The third-order valence-electron chi connectivity index (χ3n) is 2.25. The van der Waals surface area contributed by atoms with E-state index in [1.54, 1.807) is 0 Å². The predicted octanol–water partition coefficient (Wildman–Crippen LogP) is -2.18. The number of rotatable bonds is 4. The number of anilines is 1. The number of hydrogen-bond donors (Lipinski definition) is 4. The van der Waals surface area contributed by atoms with E-state index >= 15 is 0 Å². The Kier molecular flexibility index (Phi) is 4.29. The van der Waals surface area contributed by atoms with Crippen LogP contribution in [-0.4, -0.2) is 55.5 Å². The third-order valence-corrected chi connectivity index (χ3v) is 2.25. The minimum Gasteiger partial charge on any atom is -0.394 e. The Hall–Kier alpha value is -1.91. The average Bonchev–Trinajstić information content (AvgIpc) is 2.36. The average molecular weight is 279 g/mol. The van der Waals surface area contributed by atoms with E-state index in [1.807, 2.05) is 0 Å². The molecule has 0 saturated carbocycles. The molecular formula is C9H11F2N3O5. The highest BCUT2D eigenvalue weighted by atomic mass is 19.3. The van der Waals surface area contributed by atoms with E-state index in [2.05, 4.69) is 4.98 Å². The molecule has 0 aliphatic carbocycles. The number of carbonyl (C=O) groups is 1. The van der Waals surface area contributed by atoms with Gasteiger partial charge in [0.05, 0.1) is 6.61 Å². The van der Waals surface area contributed by atoms with Crippen LogP contribution in [0.2, 0.25) is 0 Å². The SMILES string of the molecule is Nc1ccn(C(=O)C(F)(F)[C@H](O)[C@@H](O)CO)c(=O)n1. The minimum atomic E-state index is -4.48. The Morgan fingerprint density at radius 1 is 1.53 bits per heavy atom. The summed E-state index contributed by atoms with van der Waals surface area (Å²) in [5, 5.41) is 26.5. The number of carbonyl (C=O) groups excluding carboxylic acids is 1. The normalized spacial score (nSPS) is 15.0. The first-order valence-electron chi connectivity index (χ1n) is 4.96. The van der Waals surface area contributed by atoms with Gasteiger partial charge in [-0.2, -0.15) is 13.8 Å². The summed E-state index contributed by atoms with van der Waals surface area (Å²) in [6, 6.07) is 0.935. The Morgan fingerprint density at radius 2 is 2.11 bits per heavy atom. The van der Waals surface area contributed by atoms with Gasteiger partial charge in [-0.1, -0.05) is 0 Å². The molecule has 0 bridgehead atoms. The fraction of sp³-hybridized carbons (Fsp3) is 0.444. The first-order chi connectivity index (χ1) is 8.71. The van der Waals surface area contributed by atoms with E-state index < -0.39 is 36.3 Å². The second-order valence-electron chi connectivity index (χ2n) is 3.63. The maximum absolute atomic E-state index is 13.5. The summed E-state index contributed by atoms with van der Waals surface area (Å²) in [5.41, 5.74) is 3.77. The van der Waals surface area contributed by atoms with Gasteiger partial charge >= 0.3 is 17.5 Å². The minimum absolute atomic E-state index is 0.0519. The molecule has 0 aromatic carbocycles. The van der Waals surface area contributed by atoms with Gasteiger partial charge in [-0.05, 0) is 6.07 Å². The van der Waals surface area contributed by atoms with Crippen molar-refractivity contribution in [1.29, 1.82) is 0 Å². The number of halogens is 2. The van der Waals surface area contributed by atoms with Crippen LogP contribution in [0.1, 0.15) is 4.79 Å². The number of nitrogens with two attached hydrogens (primary N) is 1. The molecule has 2 atom stereocenters. The molecule has 0 unspecified atom stereocenters. The highest BCUT2D eigenvalue weighted by Gasteiger charge is 2.50. The van der Waals surface area contributed by atoms with E-state index in [9.17, 15) is 18.4 Å². The quantitative estimate of drug-likeness (QED) is 0.491. The van der Waals surface area contributed by atoms with E-state index in [0.717, 1.165) is 6.07 Å². The topological polar surface area (TPSA) is 139 Å². The fourth-order valence-electron chi connectivity index (χ4n) is 1.20. The molecule has 0 saturated heterocycles. The Labute approximate surface area is 104 Å². The Morgan fingerprint density at radius 3 is 2.58 bits per heavy atom. The van der Waals surface area contributed by atoms with Crippen molar-refractivity contribution < 1.29 is 28.9 Å². The van der Waals surface area contributed by atoms with E-state index in [0.29, 0.717) is 6.20 Å². The zero-order chi connectivity index (χ0) is 14.8. The van der Waals surface area contributed by atoms with Crippen molar-refractivity contribution in [3.8, 4) is 0 Å². The number of alkyl halides is 2. The summed E-state index contributed by atoms with van der Waals surface area (Å²) >= 11 is 0. The maximum atomic E-state index is 13.5. The van der Waals surface area contributed by atoms with Gasteiger partial charge in [-0.25, -0.2) is 9.36 Å². The molecule has 5 N–H and O–H groups in total. The zero-order valence-electron chi connectivity index (χ0n) is 9.40. The number of aliphatic hydroxyl groups excluding tert-OH is 3. The molecule has 0 fully saturated rings. The third kappa shape index (κ3) is 2.92. The molecule has 10 heteroatoms. The highest BCUT2D eigenvalue weighted by molar-refractivity contribution is 5.86. The summed E-state index contributed by atoms with van der Waals surface area (Å²) in [6.45, 7) is -1.18. The van der Waals surface area contributed by atoms with E-state index in [-0.39, 0.29) is 10.4 Å². The second kappa shape index (κ2) is 5.38. The van der Waals surface area contributed by atoms with Crippen LogP contribution in [-0.2, 0) is 0 Å². The summed E-state index contributed by atoms with van der Waals surface area (Å²) in [7, 11) is 0. The second-order valence-corrected chi connectivity index (χ2v) is 3.63. The lowest BCUT2D eigenvalue weighted by Crippen LogP contribution is -2.53. The molecule has 1 aromatic heterocycles. The molecule has 0 amide bonds. The summed E-state index contributed by atoms with van der Waals surface area (Å²) in [5.74, 6) is -6.85. The molecule has 8 nitrogen and oxygen atoms in total. The van der Waals surface area contributed by atoms with Crippen molar-refractivity contribution in [1.82, 2.24) is 9.55 Å². The van der Waals surface area contributed by atoms with Gasteiger partial charge in [-0.15, -0.1) is 0 Å². The van der Waals surface area contributed by atoms with Gasteiger partial charge in [0, 0.05) is 6.20 Å². The standard InChI is InChI=1S/C9H11F2N3O5/c10-9(11,6(17)4(16)3-15)7(18)14-2-1-5(12)13-8(14)19/h1-2,4,6,15-17H,3H2,(H2,12,13,19)/t4-,6+/m0/s1. The number of aromatic nitrogens is 2. The lowest BCUT2D eigenvalue weighted by atomic mass is 10.1.